The first-order valence-corrected chi connectivity index (χ1v) is 6.35. The zero-order valence-electron chi connectivity index (χ0n) is 8.60. The van der Waals surface area contributed by atoms with Crippen LogP contribution in [0.15, 0.2) is 35.2 Å². The molecule has 0 spiro atoms. The van der Waals surface area contributed by atoms with Crippen LogP contribution in [0.4, 0.5) is 0 Å². The molecule has 1 aliphatic heterocycles. The molecule has 0 saturated carbocycles. The van der Waals surface area contributed by atoms with E-state index < -0.39 is 0 Å². The third-order valence-corrected chi connectivity index (χ3v) is 4.07. The van der Waals surface area contributed by atoms with Crippen LogP contribution in [0.3, 0.4) is 0 Å². The first-order chi connectivity index (χ1) is 7.92. The highest BCUT2D eigenvalue weighted by atomic mass is 32.2. The first-order valence-electron chi connectivity index (χ1n) is 5.37. The fourth-order valence-electron chi connectivity index (χ4n) is 2.34. The summed E-state index contributed by atoms with van der Waals surface area (Å²) in [6.45, 7) is 0. The maximum absolute atomic E-state index is 4.72. The van der Waals surface area contributed by atoms with Crippen molar-refractivity contribution in [3.05, 3.63) is 57.0 Å². The minimum absolute atomic E-state index is 1.06. The Kier molecular flexibility index (Phi) is 1.60. The predicted octanol–water partition coefficient (Wildman–Crippen LogP) is 1.40. The molecule has 1 nitrogen and oxygen atoms in total. The lowest BCUT2D eigenvalue weighted by molar-refractivity contribution is 1.13. The van der Waals surface area contributed by atoms with Crippen molar-refractivity contribution in [1.29, 1.82) is 0 Å². The molecule has 2 aliphatic rings. The van der Waals surface area contributed by atoms with Crippen LogP contribution in [-0.2, 0) is 0 Å². The van der Waals surface area contributed by atoms with Gasteiger partial charge in [0, 0.05) is 15.9 Å². The molecule has 0 atom stereocenters. The fourth-order valence-corrected chi connectivity index (χ4v) is 3.24. The SMILES string of the molecule is C1=c2nc3c(cc2SC1)=c1ccccc1=C3. The van der Waals surface area contributed by atoms with Crippen molar-refractivity contribution in [1.82, 2.24) is 4.98 Å². The molecule has 2 heterocycles. The summed E-state index contributed by atoms with van der Waals surface area (Å²) in [5.41, 5.74) is 1.12. The molecular weight excluding hydrogens is 214 g/mol. The molecule has 76 valence electrons. The number of rotatable bonds is 0. The minimum atomic E-state index is 1.06. The van der Waals surface area contributed by atoms with E-state index in [1.807, 2.05) is 11.8 Å². The summed E-state index contributed by atoms with van der Waals surface area (Å²) in [6.07, 6.45) is 4.39. The number of aromatic nitrogens is 1. The average Bonchev–Trinajstić information content (AvgIpc) is 2.88. The number of hydrogen-bond acceptors (Lipinski definition) is 2. The fraction of sp³-hybridized carbons (Fsp3) is 0.0714. The molecule has 0 fully saturated rings. The Labute approximate surface area is 96.8 Å². The third-order valence-electron chi connectivity index (χ3n) is 3.10. The molecule has 1 aliphatic carbocycles. The van der Waals surface area contributed by atoms with E-state index in [2.05, 4.69) is 42.5 Å². The zero-order chi connectivity index (χ0) is 10.5. The van der Waals surface area contributed by atoms with E-state index in [1.54, 1.807) is 0 Å². The van der Waals surface area contributed by atoms with Crippen LogP contribution in [0.5, 0.6) is 0 Å². The molecule has 1 aromatic heterocycles. The summed E-state index contributed by atoms with van der Waals surface area (Å²) < 4.78 is 0. The van der Waals surface area contributed by atoms with E-state index in [0.717, 1.165) is 16.8 Å². The van der Waals surface area contributed by atoms with Crippen molar-refractivity contribution < 1.29 is 0 Å². The molecule has 0 N–H and O–H groups in total. The highest BCUT2D eigenvalue weighted by Crippen LogP contribution is 2.20. The van der Waals surface area contributed by atoms with E-state index in [1.165, 1.54) is 20.6 Å². The number of benzene rings is 1. The molecule has 0 bridgehead atoms. The molecule has 0 amide bonds. The normalized spacial score (nSPS) is 14.8. The van der Waals surface area contributed by atoms with E-state index in [9.17, 15) is 0 Å². The lowest BCUT2D eigenvalue weighted by Crippen LogP contribution is -2.08. The maximum atomic E-state index is 4.72. The summed E-state index contributed by atoms with van der Waals surface area (Å²) in [5, 5.41) is 5.06. The molecule has 2 aromatic rings. The lowest BCUT2D eigenvalue weighted by Gasteiger charge is -1.95. The molecule has 0 radical (unpaired) electrons. The Morgan fingerprint density at radius 1 is 1.12 bits per heavy atom. The van der Waals surface area contributed by atoms with Gasteiger partial charge in [-0.2, -0.15) is 0 Å². The highest BCUT2D eigenvalue weighted by molar-refractivity contribution is 7.99. The third kappa shape index (κ3) is 1.05. The number of fused-ring (bicyclic) bond motifs is 3. The van der Waals surface area contributed by atoms with Gasteiger partial charge in [-0.25, -0.2) is 4.98 Å². The van der Waals surface area contributed by atoms with E-state index in [4.69, 9.17) is 4.98 Å². The number of hydrogen-bond donors (Lipinski definition) is 0. The second-order valence-corrected chi connectivity index (χ2v) is 5.11. The van der Waals surface area contributed by atoms with Gasteiger partial charge >= 0.3 is 0 Å². The van der Waals surface area contributed by atoms with Crippen LogP contribution in [0.25, 0.3) is 12.2 Å². The van der Waals surface area contributed by atoms with Crippen molar-refractivity contribution >= 4 is 23.9 Å². The Balaban J connectivity index is 2.28. The summed E-state index contributed by atoms with van der Waals surface area (Å²) in [4.78, 5) is 6.04. The summed E-state index contributed by atoms with van der Waals surface area (Å²) in [6, 6.07) is 10.8. The predicted molar refractivity (Wildman–Crippen MR) is 66.4 cm³/mol. The Morgan fingerprint density at radius 2 is 2.06 bits per heavy atom. The van der Waals surface area contributed by atoms with Crippen molar-refractivity contribution in [2.45, 2.75) is 4.90 Å². The summed E-state index contributed by atoms with van der Waals surface area (Å²) in [5.74, 6) is 1.06. The Morgan fingerprint density at radius 3 is 3.06 bits per heavy atom. The molecule has 2 heteroatoms. The van der Waals surface area contributed by atoms with Gasteiger partial charge in [-0.1, -0.05) is 24.3 Å². The largest absolute Gasteiger partial charge is 0.248 e. The van der Waals surface area contributed by atoms with Crippen molar-refractivity contribution in [3.63, 3.8) is 0 Å². The van der Waals surface area contributed by atoms with E-state index in [0.29, 0.717) is 0 Å². The van der Waals surface area contributed by atoms with Crippen LogP contribution in [0.2, 0.25) is 0 Å². The summed E-state index contributed by atoms with van der Waals surface area (Å²) >= 11 is 1.88. The molecule has 16 heavy (non-hydrogen) atoms. The van der Waals surface area contributed by atoms with Crippen molar-refractivity contribution in [3.8, 4) is 0 Å². The van der Waals surface area contributed by atoms with Gasteiger partial charge in [0.1, 0.15) is 0 Å². The quantitative estimate of drug-likeness (QED) is 0.571. The number of nitrogens with zero attached hydrogens (tertiary/aromatic N) is 1. The Bertz CT molecular complexity index is 806. The number of thioether (sulfide) groups is 1. The Hall–Kier alpha value is -1.54. The smallest absolute Gasteiger partial charge is 0.0741 e. The van der Waals surface area contributed by atoms with Crippen molar-refractivity contribution in [2.75, 3.05) is 5.75 Å². The van der Waals surface area contributed by atoms with Gasteiger partial charge in [0.25, 0.3) is 0 Å². The second kappa shape index (κ2) is 2.98. The second-order valence-electron chi connectivity index (χ2n) is 4.05. The van der Waals surface area contributed by atoms with Crippen LogP contribution in [-0.4, -0.2) is 10.7 Å². The molecule has 0 saturated heterocycles. The monoisotopic (exact) mass is 223 g/mol. The molecular formula is C14H9NS. The van der Waals surface area contributed by atoms with Crippen molar-refractivity contribution in [2.24, 2.45) is 0 Å². The van der Waals surface area contributed by atoms with Crippen LogP contribution in [0.1, 0.15) is 5.69 Å². The molecule has 0 unspecified atom stereocenters. The topological polar surface area (TPSA) is 12.9 Å². The summed E-state index contributed by atoms with van der Waals surface area (Å²) in [7, 11) is 0. The molecule has 1 aromatic carbocycles. The number of pyridine rings is 1. The average molecular weight is 223 g/mol. The highest BCUT2D eigenvalue weighted by Gasteiger charge is 2.09. The van der Waals surface area contributed by atoms with Gasteiger partial charge in [-0.15, -0.1) is 11.8 Å². The van der Waals surface area contributed by atoms with Gasteiger partial charge in [0.2, 0.25) is 0 Å². The first kappa shape index (κ1) is 8.59. The maximum Gasteiger partial charge on any atom is 0.0741 e. The van der Waals surface area contributed by atoms with Crippen LogP contribution in [0, 0.1) is 10.4 Å². The van der Waals surface area contributed by atoms with Gasteiger partial charge in [-0.3, -0.25) is 0 Å². The lowest BCUT2D eigenvalue weighted by atomic mass is 10.2. The van der Waals surface area contributed by atoms with E-state index >= 15 is 0 Å². The minimum Gasteiger partial charge on any atom is -0.248 e. The van der Waals surface area contributed by atoms with E-state index in [-0.39, 0.29) is 0 Å². The van der Waals surface area contributed by atoms with Gasteiger partial charge in [0.05, 0.1) is 11.0 Å². The van der Waals surface area contributed by atoms with Crippen LogP contribution < -0.4 is 10.6 Å². The molecule has 4 rings (SSSR count). The standard InChI is InChI=1S/C14H9NS/c1-2-4-10-9(3-1)7-13-11(10)8-14-12(15-13)5-6-16-14/h1-5,7-8H,6H2. The van der Waals surface area contributed by atoms with Gasteiger partial charge in [-0.05, 0) is 28.7 Å². The van der Waals surface area contributed by atoms with Gasteiger partial charge < -0.3 is 0 Å². The van der Waals surface area contributed by atoms with Gasteiger partial charge in [0.15, 0.2) is 0 Å². The zero-order valence-corrected chi connectivity index (χ0v) is 9.42. The van der Waals surface area contributed by atoms with Crippen LogP contribution >= 0.6 is 11.8 Å².